The molecule has 0 spiro atoms. The third-order valence-corrected chi connectivity index (χ3v) is 5.33. The summed E-state index contributed by atoms with van der Waals surface area (Å²) in [6.45, 7) is 1.39. The second-order valence-corrected chi connectivity index (χ2v) is 7.76. The fraction of sp³-hybridized carbons (Fsp3) is 0.556. The van der Waals surface area contributed by atoms with Gasteiger partial charge in [0.1, 0.15) is 23.1 Å². The van der Waals surface area contributed by atoms with Crippen molar-refractivity contribution in [1.29, 1.82) is 0 Å². The van der Waals surface area contributed by atoms with Gasteiger partial charge < -0.3 is 19.8 Å². The molecule has 1 aliphatic heterocycles. The van der Waals surface area contributed by atoms with E-state index in [2.05, 4.69) is 20.4 Å². The maximum atomic E-state index is 12.3. The average Bonchev–Trinajstić information content (AvgIpc) is 3.38. The molecule has 0 aromatic carbocycles. The van der Waals surface area contributed by atoms with Crippen LogP contribution in [0.1, 0.15) is 43.0 Å². The second kappa shape index (κ2) is 7.44. The number of hydrogen-bond acceptors (Lipinski definition) is 7. The standard InChI is InChI=1S/C18H22ClN5O3/c19-14-8-15(23-17(22-14)13-1-2-13)20-11-18(26)3-5-24(6-4-18)16(25)7-12-9-21-27-10-12/h8-10,13,26H,1-7,11H2,(H,20,22,23). The highest BCUT2D eigenvalue weighted by Crippen LogP contribution is 2.38. The van der Waals surface area contributed by atoms with Gasteiger partial charge in [-0.25, -0.2) is 9.97 Å². The molecule has 1 saturated heterocycles. The van der Waals surface area contributed by atoms with Crippen LogP contribution in [0.3, 0.4) is 0 Å². The molecule has 1 aliphatic carbocycles. The lowest BCUT2D eigenvalue weighted by atomic mass is 9.91. The molecule has 2 aromatic heterocycles. The predicted molar refractivity (Wildman–Crippen MR) is 98.5 cm³/mol. The largest absolute Gasteiger partial charge is 0.388 e. The Bertz CT molecular complexity index is 801. The quantitative estimate of drug-likeness (QED) is 0.725. The summed E-state index contributed by atoms with van der Waals surface area (Å²) in [5, 5.41) is 18.1. The van der Waals surface area contributed by atoms with E-state index in [1.165, 1.54) is 6.26 Å². The van der Waals surface area contributed by atoms with Crippen LogP contribution < -0.4 is 5.32 Å². The number of nitrogens with zero attached hydrogens (tertiary/aromatic N) is 4. The summed E-state index contributed by atoms with van der Waals surface area (Å²) in [6.07, 6.45) is 6.50. The van der Waals surface area contributed by atoms with E-state index >= 15 is 0 Å². The van der Waals surface area contributed by atoms with Crippen molar-refractivity contribution >= 4 is 23.3 Å². The summed E-state index contributed by atoms with van der Waals surface area (Å²) in [6, 6.07) is 1.68. The summed E-state index contributed by atoms with van der Waals surface area (Å²) < 4.78 is 4.76. The van der Waals surface area contributed by atoms with Gasteiger partial charge in [0.05, 0.1) is 18.2 Å². The molecule has 8 nitrogen and oxygen atoms in total. The Kier molecular flexibility index (Phi) is 5.01. The molecule has 9 heteroatoms. The fourth-order valence-corrected chi connectivity index (χ4v) is 3.44. The maximum Gasteiger partial charge on any atom is 0.227 e. The van der Waals surface area contributed by atoms with Crippen LogP contribution in [0.5, 0.6) is 0 Å². The van der Waals surface area contributed by atoms with Gasteiger partial charge in [0.2, 0.25) is 5.91 Å². The molecule has 2 fully saturated rings. The highest BCUT2D eigenvalue weighted by atomic mass is 35.5. The van der Waals surface area contributed by atoms with E-state index in [-0.39, 0.29) is 12.3 Å². The Morgan fingerprint density at radius 2 is 2.15 bits per heavy atom. The van der Waals surface area contributed by atoms with Crippen molar-refractivity contribution in [2.45, 2.75) is 43.6 Å². The van der Waals surface area contributed by atoms with Gasteiger partial charge in [-0.2, -0.15) is 0 Å². The number of nitrogens with one attached hydrogen (secondary N) is 1. The molecule has 0 radical (unpaired) electrons. The van der Waals surface area contributed by atoms with Gasteiger partial charge in [-0.1, -0.05) is 16.8 Å². The number of piperidine rings is 1. The smallest absolute Gasteiger partial charge is 0.227 e. The second-order valence-electron chi connectivity index (χ2n) is 7.38. The minimum Gasteiger partial charge on any atom is -0.388 e. The zero-order valence-electron chi connectivity index (χ0n) is 14.9. The number of halogens is 1. The van der Waals surface area contributed by atoms with Crippen molar-refractivity contribution < 1.29 is 14.4 Å². The third kappa shape index (κ3) is 4.56. The Morgan fingerprint density at radius 3 is 2.81 bits per heavy atom. The first-order valence-electron chi connectivity index (χ1n) is 9.17. The highest BCUT2D eigenvalue weighted by Gasteiger charge is 2.34. The van der Waals surface area contributed by atoms with E-state index in [0.717, 1.165) is 24.2 Å². The number of aromatic nitrogens is 3. The van der Waals surface area contributed by atoms with Crippen LogP contribution in [0.15, 0.2) is 23.0 Å². The van der Waals surface area contributed by atoms with Crippen LogP contribution in [-0.4, -0.2) is 56.3 Å². The van der Waals surface area contributed by atoms with Crippen molar-refractivity contribution in [1.82, 2.24) is 20.0 Å². The van der Waals surface area contributed by atoms with Gasteiger partial charge in [-0.3, -0.25) is 4.79 Å². The molecule has 2 N–H and O–H groups in total. The van der Waals surface area contributed by atoms with E-state index in [0.29, 0.717) is 49.4 Å². The van der Waals surface area contributed by atoms with Crippen molar-refractivity contribution in [3.63, 3.8) is 0 Å². The lowest BCUT2D eigenvalue weighted by molar-refractivity contribution is -0.134. The molecule has 2 aromatic rings. The number of hydrogen-bond donors (Lipinski definition) is 2. The van der Waals surface area contributed by atoms with E-state index in [1.54, 1.807) is 17.2 Å². The van der Waals surface area contributed by atoms with Gasteiger partial charge in [0.25, 0.3) is 0 Å². The minimum absolute atomic E-state index is 0.0184. The van der Waals surface area contributed by atoms with Crippen LogP contribution >= 0.6 is 11.6 Å². The first kappa shape index (κ1) is 18.2. The molecule has 27 heavy (non-hydrogen) atoms. The fourth-order valence-electron chi connectivity index (χ4n) is 3.25. The van der Waals surface area contributed by atoms with Crippen molar-refractivity contribution in [2.75, 3.05) is 25.0 Å². The van der Waals surface area contributed by atoms with Gasteiger partial charge >= 0.3 is 0 Å². The number of aliphatic hydroxyl groups is 1. The Morgan fingerprint density at radius 1 is 1.37 bits per heavy atom. The lowest BCUT2D eigenvalue weighted by Gasteiger charge is -2.38. The minimum atomic E-state index is -0.884. The predicted octanol–water partition coefficient (Wildman–Crippen LogP) is 2.00. The molecule has 2 aliphatic rings. The number of likely N-dealkylation sites (tertiary alicyclic amines) is 1. The number of carbonyl (C=O) groups excluding carboxylic acids is 1. The van der Waals surface area contributed by atoms with Gasteiger partial charge in [-0.15, -0.1) is 0 Å². The van der Waals surface area contributed by atoms with Gasteiger partial charge in [0, 0.05) is 37.2 Å². The molecule has 0 atom stereocenters. The number of rotatable bonds is 6. The molecule has 144 valence electrons. The topological polar surface area (TPSA) is 104 Å². The van der Waals surface area contributed by atoms with E-state index < -0.39 is 5.60 Å². The van der Waals surface area contributed by atoms with Crippen molar-refractivity contribution in [2.24, 2.45) is 0 Å². The van der Waals surface area contributed by atoms with Crippen LogP contribution in [0.25, 0.3) is 0 Å². The normalized spacial score (nSPS) is 19.1. The molecule has 1 amide bonds. The molecule has 1 saturated carbocycles. The Balaban J connectivity index is 1.30. The number of amides is 1. The molecule has 3 heterocycles. The van der Waals surface area contributed by atoms with Gasteiger partial charge in [0.15, 0.2) is 0 Å². The summed E-state index contributed by atoms with van der Waals surface area (Å²) in [4.78, 5) is 22.9. The van der Waals surface area contributed by atoms with E-state index in [9.17, 15) is 9.90 Å². The molecule has 4 rings (SSSR count). The SMILES string of the molecule is O=C(Cc1cnoc1)N1CCC(O)(CNc2cc(Cl)nc(C3CC3)n2)CC1. The van der Waals surface area contributed by atoms with Crippen LogP contribution in [0, 0.1) is 0 Å². The average molecular weight is 392 g/mol. The van der Waals surface area contributed by atoms with Crippen LogP contribution in [-0.2, 0) is 11.2 Å². The summed E-state index contributed by atoms with van der Waals surface area (Å²) in [7, 11) is 0. The van der Waals surface area contributed by atoms with Crippen molar-refractivity contribution in [3.05, 3.63) is 35.1 Å². The Hall–Kier alpha value is -2.19. The van der Waals surface area contributed by atoms with E-state index in [4.69, 9.17) is 16.1 Å². The van der Waals surface area contributed by atoms with Crippen LogP contribution in [0.4, 0.5) is 5.82 Å². The first-order valence-corrected chi connectivity index (χ1v) is 9.55. The van der Waals surface area contributed by atoms with Gasteiger partial charge in [-0.05, 0) is 25.7 Å². The highest BCUT2D eigenvalue weighted by molar-refractivity contribution is 6.29. The number of carbonyl (C=O) groups is 1. The maximum absolute atomic E-state index is 12.3. The zero-order valence-corrected chi connectivity index (χ0v) is 15.7. The Labute approximate surface area is 161 Å². The third-order valence-electron chi connectivity index (χ3n) is 5.14. The summed E-state index contributed by atoms with van der Waals surface area (Å²) in [5.41, 5.74) is -0.125. The number of anilines is 1. The first-order chi connectivity index (χ1) is 13.0. The zero-order chi connectivity index (χ0) is 18.9. The van der Waals surface area contributed by atoms with Crippen molar-refractivity contribution in [3.8, 4) is 0 Å². The monoisotopic (exact) mass is 391 g/mol. The van der Waals surface area contributed by atoms with Crippen LogP contribution in [0.2, 0.25) is 5.15 Å². The van der Waals surface area contributed by atoms with E-state index in [1.807, 2.05) is 0 Å². The molecule has 0 unspecified atom stereocenters. The summed E-state index contributed by atoms with van der Waals surface area (Å²) in [5.74, 6) is 1.83. The molecular formula is C18H22ClN5O3. The lowest BCUT2D eigenvalue weighted by Crippen LogP contribution is -2.50. The molecule has 0 bridgehead atoms. The summed E-state index contributed by atoms with van der Waals surface area (Å²) >= 11 is 6.08. The molecular weight excluding hydrogens is 370 g/mol.